The topological polar surface area (TPSA) is 58.5 Å². The fraction of sp³-hybridized carbons (Fsp3) is 0.444. The molecular formula is C18H27IN4OS. The second-order valence-corrected chi connectivity index (χ2v) is 6.58. The van der Waals surface area contributed by atoms with Gasteiger partial charge in [0.05, 0.1) is 19.7 Å². The van der Waals surface area contributed by atoms with E-state index < -0.39 is 0 Å². The summed E-state index contributed by atoms with van der Waals surface area (Å²) >= 11 is 1.74. The Morgan fingerprint density at radius 1 is 1.24 bits per heavy atom. The molecule has 2 aromatic rings. The maximum Gasteiger partial charge on any atom is 0.191 e. The molecule has 0 saturated carbocycles. The Hall–Kier alpha value is -1.19. The van der Waals surface area contributed by atoms with Crippen LogP contribution in [-0.2, 0) is 30.9 Å². The van der Waals surface area contributed by atoms with E-state index in [2.05, 4.69) is 52.7 Å². The molecule has 2 rings (SSSR count). The van der Waals surface area contributed by atoms with Gasteiger partial charge in [0.2, 0.25) is 0 Å². The number of methoxy groups -OCH3 is 1. The van der Waals surface area contributed by atoms with Gasteiger partial charge in [0.1, 0.15) is 5.01 Å². The van der Waals surface area contributed by atoms with Crippen LogP contribution in [0.2, 0.25) is 0 Å². The number of aryl methyl sites for hydroxylation is 1. The zero-order valence-electron chi connectivity index (χ0n) is 15.0. The van der Waals surface area contributed by atoms with Crippen molar-refractivity contribution in [3.8, 4) is 0 Å². The van der Waals surface area contributed by atoms with Gasteiger partial charge in [-0.05, 0) is 24.5 Å². The second kappa shape index (κ2) is 12.2. The first kappa shape index (κ1) is 21.9. The summed E-state index contributed by atoms with van der Waals surface area (Å²) in [5.41, 5.74) is 2.34. The van der Waals surface area contributed by atoms with E-state index in [1.807, 2.05) is 12.3 Å². The molecule has 138 valence electrons. The van der Waals surface area contributed by atoms with Gasteiger partial charge in [-0.3, -0.25) is 0 Å². The van der Waals surface area contributed by atoms with Crippen molar-refractivity contribution in [3.63, 3.8) is 0 Å². The van der Waals surface area contributed by atoms with E-state index in [-0.39, 0.29) is 24.0 Å². The molecule has 2 N–H and O–H groups in total. The maximum atomic E-state index is 5.18. The Morgan fingerprint density at radius 3 is 2.72 bits per heavy atom. The number of hydrogen-bond acceptors (Lipinski definition) is 4. The fourth-order valence-corrected chi connectivity index (χ4v) is 3.05. The molecule has 0 aliphatic carbocycles. The van der Waals surface area contributed by atoms with Crippen LogP contribution in [0.25, 0.3) is 0 Å². The molecule has 0 saturated heterocycles. The van der Waals surface area contributed by atoms with Crippen molar-refractivity contribution in [2.24, 2.45) is 4.99 Å². The van der Waals surface area contributed by atoms with Crippen LogP contribution in [0.4, 0.5) is 0 Å². The minimum atomic E-state index is 0. The van der Waals surface area contributed by atoms with E-state index >= 15 is 0 Å². The Bertz CT molecular complexity index is 660. The van der Waals surface area contributed by atoms with Crippen LogP contribution in [0.15, 0.2) is 35.5 Å². The summed E-state index contributed by atoms with van der Waals surface area (Å²) in [7, 11) is 1.71. The summed E-state index contributed by atoms with van der Waals surface area (Å²) in [6, 6.07) is 8.32. The highest BCUT2D eigenvalue weighted by molar-refractivity contribution is 14.0. The van der Waals surface area contributed by atoms with Gasteiger partial charge in [-0.25, -0.2) is 9.98 Å². The molecule has 0 spiro atoms. The van der Waals surface area contributed by atoms with Crippen molar-refractivity contribution in [1.82, 2.24) is 15.6 Å². The fourth-order valence-electron chi connectivity index (χ4n) is 2.25. The van der Waals surface area contributed by atoms with Gasteiger partial charge in [0.15, 0.2) is 5.96 Å². The summed E-state index contributed by atoms with van der Waals surface area (Å²) in [5.74, 6) is 0.808. The van der Waals surface area contributed by atoms with Crippen LogP contribution in [-0.4, -0.2) is 24.6 Å². The van der Waals surface area contributed by atoms with E-state index in [1.165, 1.54) is 10.4 Å². The minimum Gasteiger partial charge on any atom is -0.380 e. The Morgan fingerprint density at radius 2 is 2.04 bits per heavy atom. The Labute approximate surface area is 171 Å². The van der Waals surface area contributed by atoms with Crippen LogP contribution in [0.1, 0.15) is 34.9 Å². The molecule has 0 unspecified atom stereocenters. The molecule has 1 aromatic heterocycles. The van der Waals surface area contributed by atoms with Gasteiger partial charge in [-0.2, -0.15) is 0 Å². The zero-order valence-corrected chi connectivity index (χ0v) is 18.2. The molecule has 25 heavy (non-hydrogen) atoms. The van der Waals surface area contributed by atoms with Gasteiger partial charge >= 0.3 is 0 Å². The van der Waals surface area contributed by atoms with Gasteiger partial charge < -0.3 is 15.4 Å². The summed E-state index contributed by atoms with van der Waals surface area (Å²) in [5, 5.41) is 7.70. The molecule has 0 aliphatic rings. The van der Waals surface area contributed by atoms with Crippen LogP contribution in [0, 0.1) is 0 Å². The van der Waals surface area contributed by atoms with Crippen molar-refractivity contribution in [1.29, 1.82) is 0 Å². The van der Waals surface area contributed by atoms with Crippen LogP contribution in [0.5, 0.6) is 0 Å². The molecular weight excluding hydrogens is 447 g/mol. The highest BCUT2D eigenvalue weighted by atomic mass is 127. The van der Waals surface area contributed by atoms with Gasteiger partial charge in [-0.1, -0.05) is 31.2 Å². The van der Waals surface area contributed by atoms with Gasteiger partial charge in [0, 0.05) is 24.7 Å². The molecule has 0 aliphatic heterocycles. The predicted octanol–water partition coefficient (Wildman–Crippen LogP) is 3.73. The van der Waals surface area contributed by atoms with Crippen molar-refractivity contribution in [2.45, 2.75) is 40.0 Å². The molecule has 0 atom stereocenters. The van der Waals surface area contributed by atoms with E-state index in [1.54, 1.807) is 18.4 Å². The number of halogens is 1. The number of thiazole rings is 1. The second-order valence-electron chi connectivity index (χ2n) is 5.38. The maximum absolute atomic E-state index is 5.18. The van der Waals surface area contributed by atoms with Crippen LogP contribution >= 0.6 is 35.3 Å². The number of guanidine groups is 1. The molecule has 0 bridgehead atoms. The normalized spacial score (nSPS) is 11.1. The average Bonchev–Trinajstić information content (AvgIpc) is 3.06. The average molecular weight is 474 g/mol. The SMILES string of the molecule is CCNC(=NCc1cccc(COC)c1)NCc1ncc(CC)s1.I. The first-order chi connectivity index (χ1) is 11.7. The number of aromatic nitrogens is 1. The molecule has 7 heteroatoms. The quantitative estimate of drug-likeness (QED) is 0.348. The Balaban J connectivity index is 0.00000312. The lowest BCUT2D eigenvalue weighted by Gasteiger charge is -2.10. The van der Waals surface area contributed by atoms with E-state index in [0.29, 0.717) is 19.7 Å². The van der Waals surface area contributed by atoms with Gasteiger partial charge in [-0.15, -0.1) is 35.3 Å². The number of nitrogens with zero attached hydrogens (tertiary/aromatic N) is 2. The molecule has 1 heterocycles. The lowest BCUT2D eigenvalue weighted by Crippen LogP contribution is -2.36. The van der Waals surface area contributed by atoms with Crippen LogP contribution in [0.3, 0.4) is 0 Å². The number of ether oxygens (including phenoxy) is 1. The third kappa shape index (κ3) is 7.70. The van der Waals surface area contributed by atoms with E-state index in [9.17, 15) is 0 Å². The lowest BCUT2D eigenvalue weighted by atomic mass is 10.1. The molecule has 0 radical (unpaired) electrons. The lowest BCUT2D eigenvalue weighted by molar-refractivity contribution is 0.185. The zero-order chi connectivity index (χ0) is 17.2. The summed E-state index contributed by atoms with van der Waals surface area (Å²) in [6.07, 6.45) is 2.98. The Kier molecular flexibility index (Phi) is 10.7. The summed E-state index contributed by atoms with van der Waals surface area (Å²) in [6.45, 7) is 6.99. The number of aliphatic imine (C=N–C) groups is 1. The smallest absolute Gasteiger partial charge is 0.191 e. The van der Waals surface area contributed by atoms with E-state index in [4.69, 9.17) is 4.74 Å². The van der Waals surface area contributed by atoms with Gasteiger partial charge in [0.25, 0.3) is 0 Å². The van der Waals surface area contributed by atoms with Crippen molar-refractivity contribution >= 4 is 41.3 Å². The van der Waals surface area contributed by atoms with Crippen molar-refractivity contribution < 1.29 is 4.74 Å². The summed E-state index contributed by atoms with van der Waals surface area (Å²) < 4.78 is 5.18. The first-order valence-corrected chi connectivity index (χ1v) is 9.09. The number of nitrogens with one attached hydrogen (secondary N) is 2. The number of rotatable bonds is 8. The monoisotopic (exact) mass is 474 g/mol. The highest BCUT2D eigenvalue weighted by Crippen LogP contribution is 2.13. The largest absolute Gasteiger partial charge is 0.380 e. The third-order valence-electron chi connectivity index (χ3n) is 3.42. The highest BCUT2D eigenvalue weighted by Gasteiger charge is 2.03. The molecule has 5 nitrogen and oxygen atoms in total. The predicted molar refractivity (Wildman–Crippen MR) is 116 cm³/mol. The molecule has 1 aromatic carbocycles. The van der Waals surface area contributed by atoms with Crippen LogP contribution < -0.4 is 10.6 Å². The third-order valence-corrected chi connectivity index (χ3v) is 4.56. The first-order valence-electron chi connectivity index (χ1n) is 8.27. The number of benzene rings is 1. The van der Waals surface area contributed by atoms with Crippen molar-refractivity contribution in [2.75, 3.05) is 13.7 Å². The molecule has 0 fully saturated rings. The number of hydrogen-bond donors (Lipinski definition) is 2. The minimum absolute atomic E-state index is 0. The standard InChI is InChI=1S/C18H26N4OS.HI/c1-4-16-11-20-17(24-16)12-22-18(19-5-2)21-10-14-7-6-8-15(9-14)13-23-3;/h6-9,11H,4-5,10,12-13H2,1-3H3,(H2,19,21,22);1H. The summed E-state index contributed by atoms with van der Waals surface area (Å²) in [4.78, 5) is 10.4. The molecule has 0 amide bonds. The van der Waals surface area contributed by atoms with Crippen molar-refractivity contribution in [3.05, 3.63) is 51.5 Å². The van der Waals surface area contributed by atoms with E-state index in [0.717, 1.165) is 29.5 Å².